The third-order valence-corrected chi connectivity index (χ3v) is 5.53. The van der Waals surface area contributed by atoms with Gasteiger partial charge in [0.05, 0.1) is 12.3 Å². The number of amides is 4. The zero-order chi connectivity index (χ0) is 22.0. The van der Waals surface area contributed by atoms with E-state index in [1.165, 1.54) is 12.8 Å². The molecule has 4 amide bonds. The van der Waals surface area contributed by atoms with Crippen molar-refractivity contribution in [2.45, 2.75) is 26.7 Å². The van der Waals surface area contributed by atoms with Crippen LogP contribution in [0.4, 0.5) is 16.2 Å². The molecule has 2 heterocycles. The highest BCUT2D eigenvalue weighted by atomic mass is 16.5. The second-order valence-corrected chi connectivity index (χ2v) is 7.62. The summed E-state index contributed by atoms with van der Waals surface area (Å²) in [5, 5.41) is 2.26. The number of hydrogen-bond acceptors (Lipinski definition) is 5. The molecule has 2 aromatic rings. The molecule has 7 nitrogen and oxygen atoms in total. The number of anilines is 2. The number of imide groups is 2. The highest BCUT2D eigenvalue weighted by Crippen LogP contribution is 2.27. The Balaban J connectivity index is 1.63. The fourth-order valence-corrected chi connectivity index (χ4v) is 3.90. The molecule has 160 valence electrons. The maximum Gasteiger partial charge on any atom is 0.335 e. The van der Waals surface area contributed by atoms with Crippen LogP contribution in [0.15, 0.2) is 48.0 Å². The highest BCUT2D eigenvalue weighted by Gasteiger charge is 2.36. The number of hydrogen-bond donors (Lipinski definition) is 1. The molecular formula is C24H25N3O4. The second-order valence-electron chi connectivity index (χ2n) is 7.62. The Morgan fingerprint density at radius 1 is 1.00 bits per heavy atom. The topological polar surface area (TPSA) is 79.0 Å². The number of nitrogens with one attached hydrogen (secondary N) is 1. The number of nitrogens with zero attached hydrogens (tertiary/aromatic N) is 2. The van der Waals surface area contributed by atoms with E-state index in [1.807, 2.05) is 26.0 Å². The maximum absolute atomic E-state index is 13.1. The van der Waals surface area contributed by atoms with Crippen molar-refractivity contribution in [1.82, 2.24) is 5.32 Å². The summed E-state index contributed by atoms with van der Waals surface area (Å²) in [4.78, 5) is 41.2. The molecule has 0 aromatic heterocycles. The first-order valence-electron chi connectivity index (χ1n) is 10.5. The lowest BCUT2D eigenvalue weighted by molar-refractivity contribution is -0.122. The van der Waals surface area contributed by atoms with E-state index in [0.29, 0.717) is 18.0 Å². The Bertz CT molecular complexity index is 1050. The SMILES string of the molecule is CCOc1ccc(N2C(=O)NC(=O)/C(=C\c3ccc(N4CCCC4)cc3C)C2=O)cc1. The third-order valence-electron chi connectivity index (χ3n) is 5.53. The van der Waals surface area contributed by atoms with Crippen molar-refractivity contribution in [3.63, 3.8) is 0 Å². The minimum absolute atomic E-state index is 0.0782. The Kier molecular flexibility index (Phi) is 5.75. The van der Waals surface area contributed by atoms with Gasteiger partial charge in [-0.15, -0.1) is 0 Å². The standard InChI is InChI=1S/C24H25N3O4/c1-3-31-20-10-8-18(9-11-20)27-23(29)21(22(28)25-24(27)30)15-17-6-7-19(14-16(17)2)26-12-4-5-13-26/h6-11,14-15H,3-5,12-13H2,1-2H3,(H,25,28,30)/b21-15+. The first-order valence-corrected chi connectivity index (χ1v) is 10.5. The van der Waals surface area contributed by atoms with E-state index >= 15 is 0 Å². The molecule has 1 N–H and O–H groups in total. The van der Waals surface area contributed by atoms with Crippen LogP contribution in [0.1, 0.15) is 30.9 Å². The van der Waals surface area contributed by atoms with Crippen molar-refractivity contribution < 1.29 is 19.1 Å². The number of ether oxygens (including phenoxy) is 1. The number of benzene rings is 2. The molecule has 0 atom stereocenters. The van der Waals surface area contributed by atoms with E-state index in [2.05, 4.69) is 16.3 Å². The van der Waals surface area contributed by atoms with Crippen LogP contribution in [0.25, 0.3) is 6.08 Å². The van der Waals surface area contributed by atoms with E-state index in [1.54, 1.807) is 30.3 Å². The second kappa shape index (κ2) is 8.63. The van der Waals surface area contributed by atoms with Gasteiger partial charge in [-0.3, -0.25) is 14.9 Å². The van der Waals surface area contributed by atoms with Gasteiger partial charge < -0.3 is 9.64 Å². The fraction of sp³-hybridized carbons (Fsp3) is 0.292. The Labute approximate surface area is 181 Å². The summed E-state index contributed by atoms with van der Waals surface area (Å²) in [5.74, 6) is -0.710. The van der Waals surface area contributed by atoms with Crippen LogP contribution in [0.2, 0.25) is 0 Å². The molecule has 7 heteroatoms. The molecule has 0 aliphatic carbocycles. The lowest BCUT2D eigenvalue weighted by atomic mass is 10.0. The van der Waals surface area contributed by atoms with Gasteiger partial charge >= 0.3 is 6.03 Å². The number of rotatable bonds is 5. The summed E-state index contributed by atoms with van der Waals surface area (Å²) in [7, 11) is 0. The lowest BCUT2D eigenvalue weighted by Crippen LogP contribution is -2.54. The van der Waals surface area contributed by atoms with Crippen molar-refractivity contribution in [1.29, 1.82) is 0 Å². The minimum atomic E-state index is -0.766. The zero-order valence-electron chi connectivity index (χ0n) is 17.7. The average molecular weight is 419 g/mol. The van der Waals surface area contributed by atoms with Crippen molar-refractivity contribution in [3.8, 4) is 5.75 Å². The minimum Gasteiger partial charge on any atom is -0.494 e. The summed E-state index contributed by atoms with van der Waals surface area (Å²) >= 11 is 0. The first kappa shape index (κ1) is 20.7. The van der Waals surface area contributed by atoms with Crippen molar-refractivity contribution >= 4 is 35.3 Å². The summed E-state index contributed by atoms with van der Waals surface area (Å²) < 4.78 is 5.41. The maximum atomic E-state index is 13.1. The number of aryl methyl sites for hydroxylation is 1. The zero-order valence-corrected chi connectivity index (χ0v) is 17.7. The van der Waals surface area contributed by atoms with Crippen LogP contribution in [0.5, 0.6) is 5.75 Å². The van der Waals surface area contributed by atoms with Gasteiger partial charge in [-0.25, -0.2) is 9.69 Å². The number of carbonyl (C=O) groups excluding carboxylic acids is 3. The van der Waals surface area contributed by atoms with E-state index < -0.39 is 17.8 Å². The van der Waals surface area contributed by atoms with Crippen LogP contribution in [-0.4, -0.2) is 37.5 Å². The van der Waals surface area contributed by atoms with Gasteiger partial charge in [0, 0.05) is 18.8 Å². The largest absolute Gasteiger partial charge is 0.494 e. The highest BCUT2D eigenvalue weighted by molar-refractivity contribution is 6.39. The molecule has 2 aliphatic heterocycles. The predicted octanol–water partition coefficient (Wildman–Crippen LogP) is 3.66. The van der Waals surface area contributed by atoms with Gasteiger partial charge in [0.25, 0.3) is 11.8 Å². The monoisotopic (exact) mass is 419 g/mol. The molecule has 4 rings (SSSR count). The molecule has 2 saturated heterocycles. The van der Waals surface area contributed by atoms with E-state index in [-0.39, 0.29) is 5.57 Å². The Morgan fingerprint density at radius 3 is 2.32 bits per heavy atom. The summed E-state index contributed by atoms with van der Waals surface area (Å²) in [5.41, 5.74) is 3.16. The molecule has 0 spiro atoms. The van der Waals surface area contributed by atoms with Gasteiger partial charge in [0.15, 0.2) is 0 Å². The van der Waals surface area contributed by atoms with Crippen molar-refractivity contribution in [3.05, 3.63) is 59.2 Å². The van der Waals surface area contributed by atoms with E-state index in [9.17, 15) is 14.4 Å². The lowest BCUT2D eigenvalue weighted by Gasteiger charge is -2.26. The van der Waals surface area contributed by atoms with Crippen molar-refractivity contribution in [2.24, 2.45) is 0 Å². The van der Waals surface area contributed by atoms with Gasteiger partial charge in [0.2, 0.25) is 0 Å². The van der Waals surface area contributed by atoms with Crippen LogP contribution in [0.3, 0.4) is 0 Å². The van der Waals surface area contributed by atoms with E-state index in [0.717, 1.165) is 34.8 Å². The molecule has 0 radical (unpaired) electrons. The number of barbiturate groups is 1. The predicted molar refractivity (Wildman–Crippen MR) is 119 cm³/mol. The molecule has 0 bridgehead atoms. The smallest absolute Gasteiger partial charge is 0.335 e. The summed E-state index contributed by atoms with van der Waals surface area (Å²) in [6.45, 7) is 6.42. The van der Waals surface area contributed by atoms with Gasteiger partial charge in [-0.05, 0) is 80.3 Å². The molecular weight excluding hydrogens is 394 g/mol. The quantitative estimate of drug-likeness (QED) is 0.591. The summed E-state index contributed by atoms with van der Waals surface area (Å²) in [6, 6.07) is 11.8. The fourth-order valence-electron chi connectivity index (χ4n) is 3.90. The van der Waals surface area contributed by atoms with Crippen molar-refractivity contribution in [2.75, 3.05) is 29.5 Å². The molecule has 0 saturated carbocycles. The third kappa shape index (κ3) is 4.17. The first-order chi connectivity index (χ1) is 15.0. The summed E-state index contributed by atoms with van der Waals surface area (Å²) in [6.07, 6.45) is 3.93. The van der Waals surface area contributed by atoms with Crippen LogP contribution < -0.4 is 19.9 Å². The number of urea groups is 1. The molecule has 2 fully saturated rings. The molecule has 0 unspecified atom stereocenters. The Hall–Kier alpha value is -3.61. The van der Waals surface area contributed by atoms with Crippen LogP contribution in [0, 0.1) is 6.92 Å². The molecule has 31 heavy (non-hydrogen) atoms. The van der Waals surface area contributed by atoms with Crippen LogP contribution >= 0.6 is 0 Å². The van der Waals surface area contributed by atoms with Crippen LogP contribution in [-0.2, 0) is 9.59 Å². The van der Waals surface area contributed by atoms with Gasteiger partial charge in [-0.2, -0.15) is 0 Å². The van der Waals surface area contributed by atoms with Gasteiger partial charge in [0.1, 0.15) is 11.3 Å². The van der Waals surface area contributed by atoms with E-state index in [4.69, 9.17) is 4.74 Å². The normalized spacial score (nSPS) is 18.0. The number of carbonyl (C=O) groups is 3. The molecule has 2 aliphatic rings. The average Bonchev–Trinajstić information content (AvgIpc) is 3.28. The van der Waals surface area contributed by atoms with Gasteiger partial charge in [-0.1, -0.05) is 6.07 Å². The Morgan fingerprint density at radius 2 is 1.68 bits per heavy atom. The molecule has 2 aromatic carbocycles.